The van der Waals surface area contributed by atoms with Gasteiger partial charge in [0, 0.05) is 24.9 Å². The Balaban J connectivity index is 2.10. The van der Waals surface area contributed by atoms with Gasteiger partial charge in [0.1, 0.15) is 5.82 Å². The maximum Gasteiger partial charge on any atom is 0.130 e. The lowest BCUT2D eigenvalue weighted by molar-refractivity contribution is 0.518. The molecule has 1 atom stereocenters. The highest BCUT2D eigenvalue weighted by atomic mass is 14.9. The number of nitrogens with one attached hydrogen (secondary N) is 1. The third-order valence-corrected chi connectivity index (χ3v) is 2.85. The minimum Gasteiger partial charge on any atom is -0.310 e. The molecule has 1 aromatic carbocycles. The van der Waals surface area contributed by atoms with E-state index in [1.165, 1.54) is 5.56 Å². The highest BCUT2D eigenvalue weighted by Gasteiger charge is 2.12. The summed E-state index contributed by atoms with van der Waals surface area (Å²) in [5.41, 5.74) is 1.29. The van der Waals surface area contributed by atoms with E-state index in [0.29, 0.717) is 0 Å². The molecule has 1 heterocycles. The molecule has 0 fully saturated rings. The normalized spacial score (nSPS) is 12.3. The standard InChI is InChI=1S/C15H19N3/c1-2-9-16-14(13-7-4-3-5-8-13)12-15-17-10-6-11-18-15/h3-8,10-11,14,16H,2,9,12H2,1H3. The summed E-state index contributed by atoms with van der Waals surface area (Å²) in [5, 5.41) is 3.55. The second kappa shape index (κ2) is 6.87. The molecule has 1 unspecified atom stereocenters. The fourth-order valence-corrected chi connectivity index (χ4v) is 1.93. The molecule has 1 N–H and O–H groups in total. The Morgan fingerprint density at radius 2 is 1.78 bits per heavy atom. The summed E-state index contributed by atoms with van der Waals surface area (Å²) < 4.78 is 0. The zero-order valence-corrected chi connectivity index (χ0v) is 10.7. The van der Waals surface area contributed by atoms with Crippen LogP contribution in [0.5, 0.6) is 0 Å². The molecule has 1 aromatic heterocycles. The van der Waals surface area contributed by atoms with Crippen molar-refractivity contribution >= 4 is 0 Å². The zero-order chi connectivity index (χ0) is 12.6. The van der Waals surface area contributed by atoms with E-state index in [-0.39, 0.29) is 6.04 Å². The van der Waals surface area contributed by atoms with Crippen molar-refractivity contribution in [1.29, 1.82) is 0 Å². The van der Waals surface area contributed by atoms with Gasteiger partial charge in [0.2, 0.25) is 0 Å². The van der Waals surface area contributed by atoms with Gasteiger partial charge < -0.3 is 5.32 Å². The molecular weight excluding hydrogens is 222 g/mol. The summed E-state index contributed by atoms with van der Waals surface area (Å²) in [6.07, 6.45) is 5.54. The van der Waals surface area contributed by atoms with Crippen LogP contribution in [0.4, 0.5) is 0 Å². The average molecular weight is 241 g/mol. The van der Waals surface area contributed by atoms with Crippen molar-refractivity contribution in [3.63, 3.8) is 0 Å². The predicted molar refractivity (Wildman–Crippen MR) is 73.2 cm³/mol. The Kier molecular flexibility index (Phi) is 4.85. The minimum absolute atomic E-state index is 0.286. The summed E-state index contributed by atoms with van der Waals surface area (Å²) in [4.78, 5) is 8.60. The number of benzene rings is 1. The topological polar surface area (TPSA) is 37.8 Å². The lowest BCUT2D eigenvalue weighted by Gasteiger charge is -2.18. The Morgan fingerprint density at radius 1 is 1.06 bits per heavy atom. The van der Waals surface area contributed by atoms with Gasteiger partial charge in [0.15, 0.2) is 0 Å². The number of hydrogen-bond acceptors (Lipinski definition) is 3. The van der Waals surface area contributed by atoms with E-state index in [1.807, 2.05) is 12.1 Å². The van der Waals surface area contributed by atoms with Crippen LogP contribution in [-0.4, -0.2) is 16.5 Å². The van der Waals surface area contributed by atoms with E-state index >= 15 is 0 Å². The monoisotopic (exact) mass is 241 g/mol. The van der Waals surface area contributed by atoms with Crippen LogP contribution in [0.2, 0.25) is 0 Å². The molecule has 0 saturated heterocycles. The Bertz CT molecular complexity index is 442. The molecule has 0 aliphatic heterocycles. The molecule has 0 aliphatic carbocycles. The van der Waals surface area contributed by atoms with Crippen molar-refractivity contribution < 1.29 is 0 Å². The van der Waals surface area contributed by atoms with Gasteiger partial charge in [-0.3, -0.25) is 0 Å². The first-order chi connectivity index (χ1) is 8.90. The SMILES string of the molecule is CCCNC(Cc1ncccn1)c1ccccc1. The van der Waals surface area contributed by atoms with Gasteiger partial charge in [-0.25, -0.2) is 9.97 Å². The lowest BCUT2D eigenvalue weighted by atomic mass is 10.0. The second-order valence-corrected chi connectivity index (χ2v) is 4.29. The fourth-order valence-electron chi connectivity index (χ4n) is 1.93. The van der Waals surface area contributed by atoms with Crippen molar-refractivity contribution in [3.05, 3.63) is 60.2 Å². The fraction of sp³-hybridized carbons (Fsp3) is 0.333. The summed E-state index contributed by atoms with van der Waals surface area (Å²) in [7, 11) is 0. The van der Waals surface area contributed by atoms with E-state index in [4.69, 9.17) is 0 Å². The minimum atomic E-state index is 0.286. The summed E-state index contributed by atoms with van der Waals surface area (Å²) >= 11 is 0. The molecule has 0 bridgehead atoms. The van der Waals surface area contributed by atoms with Gasteiger partial charge in [-0.15, -0.1) is 0 Å². The highest BCUT2D eigenvalue weighted by molar-refractivity contribution is 5.20. The first kappa shape index (κ1) is 12.7. The van der Waals surface area contributed by atoms with Gasteiger partial charge >= 0.3 is 0 Å². The molecule has 3 nitrogen and oxygen atoms in total. The van der Waals surface area contributed by atoms with Gasteiger partial charge in [-0.1, -0.05) is 37.3 Å². The van der Waals surface area contributed by atoms with Crippen LogP contribution in [0.1, 0.15) is 30.8 Å². The number of aromatic nitrogens is 2. The van der Waals surface area contributed by atoms with Crippen molar-refractivity contribution in [2.75, 3.05) is 6.54 Å². The molecule has 3 heteroatoms. The number of nitrogens with zero attached hydrogens (tertiary/aromatic N) is 2. The van der Waals surface area contributed by atoms with Gasteiger partial charge in [-0.05, 0) is 24.6 Å². The molecule has 0 aliphatic rings. The first-order valence-electron chi connectivity index (χ1n) is 6.44. The molecule has 2 rings (SSSR count). The van der Waals surface area contributed by atoms with Gasteiger partial charge in [-0.2, -0.15) is 0 Å². The Morgan fingerprint density at radius 3 is 2.44 bits per heavy atom. The van der Waals surface area contributed by atoms with E-state index in [9.17, 15) is 0 Å². The van der Waals surface area contributed by atoms with Crippen LogP contribution >= 0.6 is 0 Å². The van der Waals surface area contributed by atoms with Crippen LogP contribution in [-0.2, 0) is 6.42 Å². The molecule has 0 spiro atoms. The molecular formula is C15H19N3. The Hall–Kier alpha value is -1.74. The van der Waals surface area contributed by atoms with E-state index in [0.717, 1.165) is 25.2 Å². The smallest absolute Gasteiger partial charge is 0.130 e. The van der Waals surface area contributed by atoms with Crippen molar-refractivity contribution in [2.24, 2.45) is 0 Å². The molecule has 2 aromatic rings. The van der Waals surface area contributed by atoms with Crippen molar-refractivity contribution in [3.8, 4) is 0 Å². The van der Waals surface area contributed by atoms with Crippen LogP contribution < -0.4 is 5.32 Å². The average Bonchev–Trinajstić information content (AvgIpc) is 2.45. The zero-order valence-electron chi connectivity index (χ0n) is 10.7. The van der Waals surface area contributed by atoms with Crippen molar-refractivity contribution in [1.82, 2.24) is 15.3 Å². The van der Waals surface area contributed by atoms with E-state index < -0.39 is 0 Å². The maximum atomic E-state index is 4.30. The summed E-state index contributed by atoms with van der Waals surface area (Å²) in [6, 6.07) is 12.6. The van der Waals surface area contributed by atoms with Gasteiger partial charge in [0.05, 0.1) is 0 Å². The molecule has 18 heavy (non-hydrogen) atoms. The third-order valence-electron chi connectivity index (χ3n) is 2.85. The molecule has 94 valence electrons. The van der Waals surface area contributed by atoms with Crippen LogP contribution in [0.25, 0.3) is 0 Å². The molecule has 0 amide bonds. The lowest BCUT2D eigenvalue weighted by Crippen LogP contribution is -2.24. The van der Waals surface area contributed by atoms with Crippen LogP contribution in [0, 0.1) is 0 Å². The number of hydrogen-bond donors (Lipinski definition) is 1. The summed E-state index contributed by atoms with van der Waals surface area (Å²) in [6.45, 7) is 3.18. The molecule has 0 saturated carbocycles. The van der Waals surface area contributed by atoms with Crippen LogP contribution in [0.15, 0.2) is 48.8 Å². The second-order valence-electron chi connectivity index (χ2n) is 4.29. The van der Waals surface area contributed by atoms with Crippen LogP contribution in [0.3, 0.4) is 0 Å². The number of rotatable bonds is 6. The van der Waals surface area contributed by atoms with E-state index in [2.05, 4.69) is 46.5 Å². The summed E-state index contributed by atoms with van der Waals surface area (Å²) in [5.74, 6) is 0.884. The Labute approximate surface area is 108 Å². The maximum absolute atomic E-state index is 4.30. The highest BCUT2D eigenvalue weighted by Crippen LogP contribution is 2.16. The first-order valence-corrected chi connectivity index (χ1v) is 6.44. The largest absolute Gasteiger partial charge is 0.310 e. The van der Waals surface area contributed by atoms with Gasteiger partial charge in [0.25, 0.3) is 0 Å². The quantitative estimate of drug-likeness (QED) is 0.845. The third kappa shape index (κ3) is 3.64. The predicted octanol–water partition coefficient (Wildman–Crippen LogP) is 2.76. The van der Waals surface area contributed by atoms with Crippen molar-refractivity contribution in [2.45, 2.75) is 25.8 Å². The molecule has 0 radical (unpaired) electrons. The van der Waals surface area contributed by atoms with E-state index in [1.54, 1.807) is 12.4 Å².